The molecular weight excluding hydrogens is 256 g/mol. The standard InChI is InChI=1S/C15H10N2OS/c1-19-9-2-4-13-11(8-9)10-6-7-16-12-3-5-14(18)17(13)15(10)12/h2-8H,1H3. The number of hydrogen-bond acceptors (Lipinski definition) is 3. The summed E-state index contributed by atoms with van der Waals surface area (Å²) in [6.45, 7) is 0. The lowest BCUT2D eigenvalue weighted by atomic mass is 10.2. The summed E-state index contributed by atoms with van der Waals surface area (Å²) in [5.41, 5.74) is 2.73. The molecule has 0 saturated heterocycles. The van der Waals surface area contributed by atoms with Gasteiger partial charge < -0.3 is 0 Å². The number of rotatable bonds is 1. The summed E-state index contributed by atoms with van der Waals surface area (Å²) in [6.07, 6.45) is 3.85. The minimum atomic E-state index is -0.00241. The van der Waals surface area contributed by atoms with Gasteiger partial charge in [0.05, 0.1) is 16.6 Å². The van der Waals surface area contributed by atoms with Gasteiger partial charge in [0.2, 0.25) is 0 Å². The normalized spacial score (nSPS) is 11.8. The van der Waals surface area contributed by atoms with E-state index in [2.05, 4.69) is 17.3 Å². The van der Waals surface area contributed by atoms with E-state index in [0.29, 0.717) is 0 Å². The summed E-state index contributed by atoms with van der Waals surface area (Å²) in [6, 6.07) is 11.6. The van der Waals surface area contributed by atoms with Crippen molar-refractivity contribution in [2.45, 2.75) is 4.90 Å². The molecule has 0 bridgehead atoms. The van der Waals surface area contributed by atoms with E-state index in [0.717, 1.165) is 27.3 Å². The van der Waals surface area contributed by atoms with Gasteiger partial charge >= 0.3 is 0 Å². The van der Waals surface area contributed by atoms with E-state index in [9.17, 15) is 4.79 Å². The second-order valence-electron chi connectivity index (χ2n) is 4.48. The van der Waals surface area contributed by atoms with Crippen LogP contribution in [0.25, 0.3) is 27.3 Å². The summed E-state index contributed by atoms with van der Waals surface area (Å²) in [4.78, 5) is 17.7. The first-order chi connectivity index (χ1) is 9.29. The van der Waals surface area contributed by atoms with Crippen LogP contribution in [0.15, 0.2) is 52.3 Å². The van der Waals surface area contributed by atoms with Crippen LogP contribution in [0, 0.1) is 0 Å². The van der Waals surface area contributed by atoms with Crippen LogP contribution in [0.1, 0.15) is 0 Å². The van der Waals surface area contributed by atoms with E-state index >= 15 is 0 Å². The lowest BCUT2D eigenvalue weighted by molar-refractivity contribution is 1.17. The maximum absolute atomic E-state index is 12.1. The van der Waals surface area contributed by atoms with Crippen molar-refractivity contribution in [3.8, 4) is 0 Å². The second-order valence-corrected chi connectivity index (χ2v) is 5.36. The quantitative estimate of drug-likeness (QED) is 0.496. The first-order valence-corrected chi connectivity index (χ1v) is 7.21. The second kappa shape index (κ2) is 3.71. The van der Waals surface area contributed by atoms with E-state index in [1.165, 1.54) is 4.90 Å². The lowest BCUT2D eigenvalue weighted by Gasteiger charge is -1.98. The highest BCUT2D eigenvalue weighted by Gasteiger charge is 2.13. The number of nitrogens with zero attached hydrogens (tertiary/aromatic N) is 2. The number of hydrogen-bond donors (Lipinski definition) is 0. The molecule has 19 heavy (non-hydrogen) atoms. The Kier molecular flexibility index (Phi) is 2.11. The highest BCUT2D eigenvalue weighted by atomic mass is 32.2. The number of thioether (sulfide) groups is 1. The van der Waals surface area contributed by atoms with Crippen molar-refractivity contribution in [2.24, 2.45) is 0 Å². The summed E-state index contributed by atoms with van der Waals surface area (Å²) in [5.74, 6) is 0. The summed E-state index contributed by atoms with van der Waals surface area (Å²) in [5, 5.41) is 2.20. The van der Waals surface area contributed by atoms with Gasteiger partial charge in [0.25, 0.3) is 5.56 Å². The molecule has 3 nitrogen and oxygen atoms in total. The minimum absolute atomic E-state index is 0.00241. The van der Waals surface area contributed by atoms with Crippen LogP contribution >= 0.6 is 11.8 Å². The third-order valence-electron chi connectivity index (χ3n) is 3.52. The number of pyridine rings is 2. The molecule has 0 saturated carbocycles. The molecule has 0 radical (unpaired) electrons. The molecule has 4 heteroatoms. The van der Waals surface area contributed by atoms with Crippen molar-refractivity contribution in [3.05, 3.63) is 52.9 Å². The van der Waals surface area contributed by atoms with Crippen molar-refractivity contribution >= 4 is 39.1 Å². The van der Waals surface area contributed by atoms with Crippen LogP contribution < -0.4 is 5.56 Å². The number of fused-ring (bicyclic) bond motifs is 3. The Labute approximate surface area is 113 Å². The maximum Gasteiger partial charge on any atom is 0.255 e. The van der Waals surface area contributed by atoms with Gasteiger partial charge in [-0.25, -0.2) is 0 Å². The molecule has 1 aromatic carbocycles. The number of aromatic nitrogens is 2. The molecule has 0 spiro atoms. The minimum Gasteiger partial charge on any atom is -0.274 e. The summed E-state index contributed by atoms with van der Waals surface area (Å²) < 4.78 is 1.76. The zero-order valence-corrected chi connectivity index (χ0v) is 11.1. The van der Waals surface area contributed by atoms with Gasteiger partial charge in [0.15, 0.2) is 0 Å². The predicted molar refractivity (Wildman–Crippen MR) is 79.4 cm³/mol. The molecule has 3 aromatic heterocycles. The highest BCUT2D eigenvalue weighted by molar-refractivity contribution is 7.98. The average Bonchev–Trinajstić information content (AvgIpc) is 2.79. The average molecular weight is 266 g/mol. The van der Waals surface area contributed by atoms with Crippen molar-refractivity contribution in [1.82, 2.24) is 9.38 Å². The molecule has 0 amide bonds. The van der Waals surface area contributed by atoms with Crippen molar-refractivity contribution in [3.63, 3.8) is 0 Å². The number of benzene rings is 1. The van der Waals surface area contributed by atoms with Gasteiger partial charge in [-0.1, -0.05) is 0 Å². The third kappa shape index (κ3) is 1.35. The van der Waals surface area contributed by atoms with Gasteiger partial charge in [-0.15, -0.1) is 11.8 Å². The first kappa shape index (κ1) is 10.8. The van der Waals surface area contributed by atoms with E-state index in [4.69, 9.17) is 0 Å². The molecule has 92 valence electrons. The Morgan fingerprint density at radius 3 is 2.84 bits per heavy atom. The third-order valence-corrected chi connectivity index (χ3v) is 4.24. The Hall–Kier alpha value is -2.07. The van der Waals surface area contributed by atoms with Crippen LogP contribution in [0.4, 0.5) is 0 Å². The predicted octanol–water partition coefficient (Wildman–Crippen LogP) is 3.16. The fourth-order valence-corrected chi connectivity index (χ4v) is 3.11. The molecule has 0 atom stereocenters. The lowest BCUT2D eigenvalue weighted by Crippen LogP contribution is -2.10. The largest absolute Gasteiger partial charge is 0.274 e. The van der Waals surface area contributed by atoms with Crippen molar-refractivity contribution < 1.29 is 0 Å². The molecular formula is C15H10N2OS. The monoisotopic (exact) mass is 266 g/mol. The Morgan fingerprint density at radius 1 is 1.11 bits per heavy atom. The van der Waals surface area contributed by atoms with Crippen LogP contribution in [-0.2, 0) is 0 Å². The van der Waals surface area contributed by atoms with Gasteiger partial charge in [0.1, 0.15) is 0 Å². The molecule has 0 fully saturated rings. The molecule has 0 N–H and O–H groups in total. The molecule has 4 aromatic rings. The maximum atomic E-state index is 12.1. The van der Waals surface area contributed by atoms with Gasteiger partial charge in [-0.2, -0.15) is 0 Å². The Bertz CT molecular complexity index is 974. The van der Waals surface area contributed by atoms with Crippen LogP contribution in [0.3, 0.4) is 0 Å². The summed E-state index contributed by atoms with van der Waals surface area (Å²) in [7, 11) is 0. The Balaban J connectivity index is 2.40. The van der Waals surface area contributed by atoms with E-state index < -0.39 is 0 Å². The first-order valence-electron chi connectivity index (χ1n) is 5.99. The van der Waals surface area contributed by atoms with Crippen LogP contribution in [0.2, 0.25) is 0 Å². The molecule has 0 unspecified atom stereocenters. The van der Waals surface area contributed by atoms with Gasteiger partial charge in [-0.3, -0.25) is 14.2 Å². The zero-order chi connectivity index (χ0) is 13.0. The van der Waals surface area contributed by atoms with Crippen molar-refractivity contribution in [1.29, 1.82) is 0 Å². The van der Waals surface area contributed by atoms with Gasteiger partial charge in [-0.05, 0) is 36.6 Å². The zero-order valence-electron chi connectivity index (χ0n) is 10.3. The molecule has 3 heterocycles. The van der Waals surface area contributed by atoms with Crippen LogP contribution in [0.5, 0.6) is 0 Å². The van der Waals surface area contributed by atoms with Gasteiger partial charge in [0, 0.05) is 27.9 Å². The smallest absolute Gasteiger partial charge is 0.255 e. The molecule has 4 rings (SSSR count). The molecule has 0 aliphatic rings. The van der Waals surface area contributed by atoms with E-state index in [1.54, 1.807) is 34.5 Å². The SMILES string of the molecule is CSc1ccc2c(c1)c1ccnc3ccc(=O)n2c31. The fraction of sp³-hybridized carbons (Fsp3) is 0.0667. The van der Waals surface area contributed by atoms with E-state index in [1.807, 2.05) is 18.2 Å². The van der Waals surface area contributed by atoms with Crippen LogP contribution in [-0.4, -0.2) is 15.6 Å². The topological polar surface area (TPSA) is 34.4 Å². The van der Waals surface area contributed by atoms with E-state index in [-0.39, 0.29) is 5.56 Å². The highest BCUT2D eigenvalue weighted by Crippen LogP contribution is 2.31. The molecule has 0 aliphatic carbocycles. The summed E-state index contributed by atoms with van der Waals surface area (Å²) >= 11 is 1.70. The fourth-order valence-electron chi connectivity index (χ4n) is 2.67. The molecule has 0 aliphatic heterocycles. The Morgan fingerprint density at radius 2 is 2.00 bits per heavy atom. The van der Waals surface area contributed by atoms with Crippen molar-refractivity contribution in [2.75, 3.05) is 6.26 Å².